The highest BCUT2D eigenvalue weighted by Crippen LogP contribution is 2.39. The van der Waals surface area contributed by atoms with Crippen molar-refractivity contribution in [3.8, 4) is 0 Å². The average molecular weight is 381 g/mol. The molecule has 0 amide bonds. The van der Waals surface area contributed by atoms with Gasteiger partial charge >= 0.3 is 0 Å². The fourth-order valence-electron chi connectivity index (χ4n) is 1.59. The minimum absolute atomic E-state index is 0.190. The number of nitrogens with zero attached hydrogens (tertiary/aromatic N) is 2. The molecule has 0 atom stereocenters. The lowest BCUT2D eigenvalue weighted by atomic mass is 10.3. The monoisotopic (exact) mass is 380 g/mol. The summed E-state index contributed by atoms with van der Waals surface area (Å²) in [5, 5.41) is 20.6. The molecule has 0 N–H and O–H groups in total. The minimum atomic E-state index is -0.986. The van der Waals surface area contributed by atoms with Crippen molar-refractivity contribution in [1.29, 1.82) is 0 Å². The maximum atomic E-state index is 13.9. The van der Waals surface area contributed by atoms with Crippen molar-refractivity contribution >= 4 is 46.3 Å². The second-order valence-electron chi connectivity index (χ2n) is 4.08. The van der Waals surface area contributed by atoms with Gasteiger partial charge in [0.05, 0.1) is 31.8 Å². The molecule has 6 nitrogen and oxygen atoms in total. The van der Waals surface area contributed by atoms with Gasteiger partial charge in [0.15, 0.2) is 0 Å². The number of nitro groups is 2. The predicted molar refractivity (Wildman–Crippen MR) is 80.3 cm³/mol. The van der Waals surface area contributed by atoms with Crippen LogP contribution in [0.15, 0.2) is 34.1 Å². The van der Waals surface area contributed by atoms with Gasteiger partial charge in [-0.05, 0) is 12.1 Å². The van der Waals surface area contributed by atoms with Gasteiger partial charge in [-0.25, -0.2) is 8.78 Å². The van der Waals surface area contributed by atoms with Gasteiger partial charge in [-0.3, -0.25) is 20.2 Å². The summed E-state index contributed by atoms with van der Waals surface area (Å²) in [5.74, 6) is -1.97. The second kappa shape index (κ2) is 6.65. The normalized spacial score (nSPS) is 10.6. The highest BCUT2D eigenvalue weighted by molar-refractivity contribution is 7.99. The third kappa shape index (κ3) is 3.69. The zero-order valence-corrected chi connectivity index (χ0v) is 13.1. The van der Waals surface area contributed by atoms with E-state index in [1.165, 1.54) is 0 Å². The lowest BCUT2D eigenvalue weighted by Crippen LogP contribution is -1.94. The Balaban J connectivity index is 2.44. The maximum Gasteiger partial charge on any atom is 0.290 e. The molecule has 0 fully saturated rings. The van der Waals surface area contributed by atoms with Crippen molar-refractivity contribution in [3.05, 3.63) is 66.2 Å². The van der Waals surface area contributed by atoms with Gasteiger partial charge in [-0.2, -0.15) is 0 Å². The Labute approximate surface area is 141 Å². The average Bonchev–Trinajstić information content (AvgIpc) is 2.45. The molecule has 0 saturated heterocycles. The Kier molecular flexibility index (Phi) is 5.03. The number of benzene rings is 2. The van der Waals surface area contributed by atoms with Crippen molar-refractivity contribution < 1.29 is 18.6 Å². The van der Waals surface area contributed by atoms with Crippen LogP contribution in [-0.4, -0.2) is 9.85 Å². The number of nitro benzene ring substituents is 2. The number of hydrogen-bond acceptors (Lipinski definition) is 5. The lowest BCUT2D eigenvalue weighted by molar-refractivity contribution is -0.385. The SMILES string of the molecule is O=[N+]([O-])c1cc(F)c(Sc2cc(Cl)c([N+](=O)[O-])cc2F)cc1Cl. The molecule has 0 radical (unpaired) electrons. The Morgan fingerprint density at radius 1 is 0.826 bits per heavy atom. The zero-order valence-electron chi connectivity index (χ0n) is 10.8. The predicted octanol–water partition coefficient (Wildman–Crippen LogP) is 5.24. The molecule has 120 valence electrons. The summed E-state index contributed by atoms with van der Waals surface area (Å²) >= 11 is 11.9. The Morgan fingerprint density at radius 3 is 1.48 bits per heavy atom. The van der Waals surface area contributed by atoms with Crippen LogP contribution in [0.1, 0.15) is 0 Å². The number of rotatable bonds is 4. The molecule has 0 heterocycles. The van der Waals surface area contributed by atoms with E-state index < -0.39 is 32.9 Å². The highest BCUT2D eigenvalue weighted by Gasteiger charge is 2.21. The molecule has 0 spiro atoms. The van der Waals surface area contributed by atoms with Crippen molar-refractivity contribution in [2.75, 3.05) is 0 Å². The summed E-state index contributed by atoms with van der Waals surface area (Å²) in [6.07, 6.45) is 0. The number of hydrogen-bond donors (Lipinski definition) is 0. The molecule has 0 aliphatic rings. The van der Waals surface area contributed by atoms with E-state index in [4.69, 9.17) is 23.2 Å². The second-order valence-corrected chi connectivity index (χ2v) is 5.98. The zero-order chi connectivity index (χ0) is 17.3. The van der Waals surface area contributed by atoms with Crippen molar-refractivity contribution in [2.45, 2.75) is 9.79 Å². The van der Waals surface area contributed by atoms with Gasteiger partial charge in [0, 0.05) is 0 Å². The third-order valence-corrected chi connectivity index (χ3v) is 4.29. The maximum absolute atomic E-state index is 13.9. The summed E-state index contributed by atoms with van der Waals surface area (Å²) in [5.41, 5.74) is -1.26. The lowest BCUT2D eigenvalue weighted by Gasteiger charge is -2.06. The first kappa shape index (κ1) is 17.4. The quantitative estimate of drug-likeness (QED) is 0.534. The summed E-state index contributed by atoms with van der Waals surface area (Å²) in [7, 11) is 0. The Hall–Kier alpha value is -1.97. The van der Waals surface area contributed by atoms with Gasteiger partial charge in [0.1, 0.15) is 21.7 Å². The van der Waals surface area contributed by atoms with Crippen LogP contribution in [0.4, 0.5) is 20.2 Å². The summed E-state index contributed by atoms with van der Waals surface area (Å²) in [4.78, 5) is 19.2. The van der Waals surface area contributed by atoms with Gasteiger partial charge in [-0.1, -0.05) is 35.0 Å². The molecular formula is C12H4Cl2F2N2O4S. The highest BCUT2D eigenvalue weighted by atomic mass is 35.5. The van der Waals surface area contributed by atoms with Crippen LogP contribution in [-0.2, 0) is 0 Å². The molecule has 0 aliphatic heterocycles. The topological polar surface area (TPSA) is 86.3 Å². The number of halogens is 4. The molecule has 0 saturated carbocycles. The van der Waals surface area contributed by atoms with Crippen LogP contribution in [0.3, 0.4) is 0 Å². The van der Waals surface area contributed by atoms with Crippen LogP contribution >= 0.6 is 35.0 Å². The van der Waals surface area contributed by atoms with Gasteiger partial charge in [-0.15, -0.1) is 0 Å². The van der Waals surface area contributed by atoms with E-state index in [1.54, 1.807) is 0 Å². The Bertz CT molecular complexity index is 768. The van der Waals surface area contributed by atoms with Gasteiger partial charge < -0.3 is 0 Å². The van der Waals surface area contributed by atoms with E-state index in [0.29, 0.717) is 23.9 Å². The molecule has 2 aromatic carbocycles. The smallest absolute Gasteiger partial charge is 0.258 e. The fourth-order valence-corrected chi connectivity index (χ4v) is 3.09. The first-order valence-corrected chi connectivity index (χ1v) is 7.22. The molecule has 0 aliphatic carbocycles. The van der Waals surface area contributed by atoms with Crippen molar-refractivity contribution in [2.24, 2.45) is 0 Å². The van der Waals surface area contributed by atoms with Crippen molar-refractivity contribution in [3.63, 3.8) is 0 Å². The molecule has 0 aromatic heterocycles. The third-order valence-electron chi connectivity index (χ3n) is 2.62. The first-order valence-electron chi connectivity index (χ1n) is 5.65. The largest absolute Gasteiger partial charge is 0.290 e. The molecule has 2 rings (SSSR count). The van der Waals surface area contributed by atoms with E-state index in [1.807, 2.05) is 0 Å². The van der Waals surface area contributed by atoms with Gasteiger partial charge in [0.25, 0.3) is 11.4 Å². The standard InChI is InChI=1S/C12H4Cl2F2N2O4S/c13-5-1-11(7(15)3-9(5)17(19)20)23-12-2-6(14)10(18(21)22)4-8(12)16/h1-4H. The summed E-state index contributed by atoms with van der Waals surface area (Å²) < 4.78 is 27.7. The van der Waals surface area contributed by atoms with Crippen LogP contribution in [0, 0.1) is 31.9 Å². The molecule has 0 unspecified atom stereocenters. The Morgan fingerprint density at radius 2 is 1.17 bits per heavy atom. The van der Waals surface area contributed by atoms with Crippen LogP contribution in [0.2, 0.25) is 10.0 Å². The molecular weight excluding hydrogens is 377 g/mol. The van der Waals surface area contributed by atoms with E-state index >= 15 is 0 Å². The van der Waals surface area contributed by atoms with Crippen LogP contribution in [0.5, 0.6) is 0 Å². The molecule has 23 heavy (non-hydrogen) atoms. The van der Waals surface area contributed by atoms with E-state index in [0.717, 1.165) is 12.1 Å². The molecule has 11 heteroatoms. The summed E-state index contributed by atoms with van der Waals surface area (Å²) in [6, 6.07) is 3.15. The van der Waals surface area contributed by atoms with E-state index in [-0.39, 0.29) is 19.8 Å². The minimum Gasteiger partial charge on any atom is -0.258 e. The van der Waals surface area contributed by atoms with E-state index in [9.17, 15) is 29.0 Å². The molecule has 0 bridgehead atoms. The fraction of sp³-hybridized carbons (Fsp3) is 0. The van der Waals surface area contributed by atoms with Crippen molar-refractivity contribution in [1.82, 2.24) is 0 Å². The van der Waals surface area contributed by atoms with E-state index in [2.05, 4.69) is 0 Å². The molecule has 2 aromatic rings. The van der Waals surface area contributed by atoms with Gasteiger partial charge in [0.2, 0.25) is 0 Å². The first-order chi connectivity index (χ1) is 10.7. The summed E-state index contributed by atoms with van der Waals surface area (Å²) in [6.45, 7) is 0. The van der Waals surface area contributed by atoms with Crippen LogP contribution < -0.4 is 0 Å². The van der Waals surface area contributed by atoms with Crippen LogP contribution in [0.25, 0.3) is 0 Å².